The number of halogens is 1. The molecule has 1 unspecified atom stereocenters. The van der Waals surface area contributed by atoms with Gasteiger partial charge in [0.1, 0.15) is 0 Å². The SMILES string of the molecule is C#CCC(C)NC(=O)CCBr. The molecule has 0 heterocycles. The fraction of sp³-hybridized carbons (Fsp3) is 0.625. The number of hydrogen-bond donors (Lipinski definition) is 1. The predicted octanol–water partition coefficient (Wildman–Crippen LogP) is 1.30. The van der Waals surface area contributed by atoms with Crippen LogP contribution in [-0.4, -0.2) is 17.3 Å². The van der Waals surface area contributed by atoms with Crippen LogP contribution in [0.25, 0.3) is 0 Å². The van der Waals surface area contributed by atoms with Crippen molar-refractivity contribution in [3.63, 3.8) is 0 Å². The fourth-order valence-corrected chi connectivity index (χ4v) is 1.02. The summed E-state index contributed by atoms with van der Waals surface area (Å²) in [6, 6.07) is 0.0894. The van der Waals surface area contributed by atoms with Gasteiger partial charge >= 0.3 is 0 Å². The van der Waals surface area contributed by atoms with E-state index in [-0.39, 0.29) is 11.9 Å². The fourth-order valence-electron chi connectivity index (χ4n) is 0.661. The lowest BCUT2D eigenvalue weighted by atomic mass is 10.2. The second kappa shape index (κ2) is 6.23. The molecule has 0 aromatic heterocycles. The number of carbonyl (C=O) groups excluding carboxylic acids is 1. The lowest BCUT2D eigenvalue weighted by Crippen LogP contribution is -2.32. The van der Waals surface area contributed by atoms with Gasteiger partial charge in [0.05, 0.1) is 0 Å². The van der Waals surface area contributed by atoms with Crippen molar-refractivity contribution in [1.82, 2.24) is 5.32 Å². The third-order valence-corrected chi connectivity index (χ3v) is 1.55. The molecule has 1 atom stereocenters. The summed E-state index contributed by atoms with van der Waals surface area (Å²) in [5, 5.41) is 3.47. The summed E-state index contributed by atoms with van der Waals surface area (Å²) in [5.74, 6) is 2.53. The van der Waals surface area contributed by atoms with Crippen molar-refractivity contribution in [2.45, 2.75) is 25.8 Å². The summed E-state index contributed by atoms with van der Waals surface area (Å²) in [7, 11) is 0. The minimum absolute atomic E-state index is 0.0459. The number of terminal acetylenes is 1. The Kier molecular flexibility index (Phi) is 5.96. The third-order valence-electron chi connectivity index (χ3n) is 1.15. The summed E-state index contributed by atoms with van der Waals surface area (Å²) in [4.78, 5) is 10.9. The summed E-state index contributed by atoms with van der Waals surface area (Å²) in [5.41, 5.74) is 0. The first-order valence-corrected chi connectivity index (χ1v) is 4.61. The summed E-state index contributed by atoms with van der Waals surface area (Å²) < 4.78 is 0. The molecular formula is C8H12BrNO. The van der Waals surface area contributed by atoms with Crippen LogP contribution < -0.4 is 5.32 Å². The van der Waals surface area contributed by atoms with Crippen LogP contribution >= 0.6 is 15.9 Å². The van der Waals surface area contributed by atoms with Gasteiger partial charge in [-0.25, -0.2) is 0 Å². The van der Waals surface area contributed by atoms with Gasteiger partial charge < -0.3 is 5.32 Å². The van der Waals surface area contributed by atoms with E-state index in [0.717, 1.165) is 0 Å². The van der Waals surface area contributed by atoms with Gasteiger partial charge in [-0.1, -0.05) is 15.9 Å². The average molecular weight is 218 g/mol. The predicted molar refractivity (Wildman–Crippen MR) is 49.5 cm³/mol. The Morgan fingerprint density at radius 1 is 1.82 bits per heavy atom. The van der Waals surface area contributed by atoms with Crippen molar-refractivity contribution in [2.75, 3.05) is 5.33 Å². The monoisotopic (exact) mass is 217 g/mol. The van der Waals surface area contributed by atoms with E-state index in [2.05, 4.69) is 27.2 Å². The molecule has 62 valence electrons. The molecular weight excluding hydrogens is 206 g/mol. The van der Waals surface area contributed by atoms with Gasteiger partial charge in [0.2, 0.25) is 5.91 Å². The molecule has 0 saturated heterocycles. The standard InChI is InChI=1S/C8H12BrNO/c1-3-4-7(2)10-8(11)5-6-9/h1,7H,4-6H2,2H3,(H,10,11). The maximum absolute atomic E-state index is 10.9. The van der Waals surface area contributed by atoms with Crippen LogP contribution in [0.3, 0.4) is 0 Å². The zero-order valence-electron chi connectivity index (χ0n) is 6.56. The maximum atomic E-state index is 10.9. The van der Waals surface area contributed by atoms with Crippen molar-refractivity contribution >= 4 is 21.8 Å². The molecule has 0 bridgehead atoms. The number of nitrogens with one attached hydrogen (secondary N) is 1. The Morgan fingerprint density at radius 2 is 2.45 bits per heavy atom. The van der Waals surface area contributed by atoms with Crippen LogP contribution in [0.2, 0.25) is 0 Å². The Balaban J connectivity index is 3.50. The maximum Gasteiger partial charge on any atom is 0.221 e. The molecule has 3 heteroatoms. The van der Waals surface area contributed by atoms with E-state index < -0.39 is 0 Å². The summed E-state index contributed by atoms with van der Waals surface area (Å²) in [6.07, 6.45) is 6.17. The number of rotatable bonds is 4. The quantitative estimate of drug-likeness (QED) is 0.559. The van der Waals surface area contributed by atoms with Gasteiger partial charge in [-0.05, 0) is 6.92 Å². The number of carbonyl (C=O) groups is 1. The first-order chi connectivity index (χ1) is 5.20. The average Bonchev–Trinajstić information content (AvgIpc) is 1.87. The minimum Gasteiger partial charge on any atom is -0.353 e. The van der Waals surface area contributed by atoms with E-state index in [9.17, 15) is 4.79 Å². The van der Waals surface area contributed by atoms with Crippen molar-refractivity contribution in [2.24, 2.45) is 0 Å². The van der Waals surface area contributed by atoms with Crippen LogP contribution in [0.15, 0.2) is 0 Å². The first kappa shape index (κ1) is 10.5. The lowest BCUT2D eigenvalue weighted by Gasteiger charge is -2.09. The highest BCUT2D eigenvalue weighted by atomic mass is 79.9. The molecule has 0 saturated carbocycles. The van der Waals surface area contributed by atoms with Crippen LogP contribution in [0.1, 0.15) is 19.8 Å². The van der Waals surface area contributed by atoms with E-state index in [1.165, 1.54) is 0 Å². The highest BCUT2D eigenvalue weighted by molar-refractivity contribution is 9.09. The zero-order chi connectivity index (χ0) is 8.69. The normalized spacial score (nSPS) is 11.7. The molecule has 2 nitrogen and oxygen atoms in total. The molecule has 1 N–H and O–H groups in total. The Hall–Kier alpha value is -0.490. The van der Waals surface area contributed by atoms with Gasteiger partial charge in [0.15, 0.2) is 0 Å². The molecule has 0 aliphatic rings. The topological polar surface area (TPSA) is 29.1 Å². The molecule has 0 rings (SSSR count). The molecule has 0 radical (unpaired) electrons. The second-order valence-electron chi connectivity index (χ2n) is 2.32. The van der Waals surface area contributed by atoms with Crippen molar-refractivity contribution in [3.05, 3.63) is 0 Å². The first-order valence-electron chi connectivity index (χ1n) is 3.49. The molecule has 11 heavy (non-hydrogen) atoms. The lowest BCUT2D eigenvalue weighted by molar-refractivity contribution is -0.121. The third kappa shape index (κ3) is 5.93. The van der Waals surface area contributed by atoms with E-state index in [4.69, 9.17) is 6.42 Å². The van der Waals surface area contributed by atoms with Crippen molar-refractivity contribution < 1.29 is 4.79 Å². The number of hydrogen-bond acceptors (Lipinski definition) is 1. The summed E-state index contributed by atoms with van der Waals surface area (Å²) in [6.45, 7) is 1.89. The second-order valence-corrected chi connectivity index (χ2v) is 3.11. The Morgan fingerprint density at radius 3 is 2.91 bits per heavy atom. The van der Waals surface area contributed by atoms with Gasteiger partial charge in [0.25, 0.3) is 0 Å². The smallest absolute Gasteiger partial charge is 0.221 e. The van der Waals surface area contributed by atoms with Crippen LogP contribution in [0, 0.1) is 12.3 Å². The molecule has 0 aliphatic carbocycles. The van der Waals surface area contributed by atoms with Gasteiger partial charge in [0, 0.05) is 24.2 Å². The highest BCUT2D eigenvalue weighted by Crippen LogP contribution is 1.91. The molecule has 1 amide bonds. The Bertz CT molecular complexity index is 162. The van der Waals surface area contributed by atoms with E-state index >= 15 is 0 Å². The van der Waals surface area contributed by atoms with Gasteiger partial charge in [-0.2, -0.15) is 0 Å². The number of alkyl halides is 1. The van der Waals surface area contributed by atoms with Crippen molar-refractivity contribution in [1.29, 1.82) is 0 Å². The number of amides is 1. The molecule has 0 fully saturated rings. The summed E-state index contributed by atoms with van der Waals surface area (Å²) >= 11 is 3.18. The highest BCUT2D eigenvalue weighted by Gasteiger charge is 2.03. The van der Waals surface area contributed by atoms with Gasteiger partial charge in [-0.15, -0.1) is 12.3 Å². The molecule has 0 aromatic carbocycles. The van der Waals surface area contributed by atoms with E-state index in [1.807, 2.05) is 6.92 Å². The van der Waals surface area contributed by atoms with E-state index in [1.54, 1.807) is 0 Å². The van der Waals surface area contributed by atoms with Gasteiger partial charge in [-0.3, -0.25) is 4.79 Å². The van der Waals surface area contributed by atoms with Crippen molar-refractivity contribution in [3.8, 4) is 12.3 Å². The van der Waals surface area contributed by atoms with E-state index in [0.29, 0.717) is 18.2 Å². The minimum atomic E-state index is 0.0459. The van der Waals surface area contributed by atoms with Crippen LogP contribution in [-0.2, 0) is 4.79 Å². The molecule has 0 aromatic rings. The molecule has 0 aliphatic heterocycles. The van der Waals surface area contributed by atoms with Crippen LogP contribution in [0.4, 0.5) is 0 Å². The zero-order valence-corrected chi connectivity index (χ0v) is 8.15. The Labute approximate surface area is 75.9 Å². The largest absolute Gasteiger partial charge is 0.353 e. The van der Waals surface area contributed by atoms with Crippen LogP contribution in [0.5, 0.6) is 0 Å². The molecule has 0 spiro atoms.